The summed E-state index contributed by atoms with van der Waals surface area (Å²) >= 11 is 3.55. The summed E-state index contributed by atoms with van der Waals surface area (Å²) in [5, 5.41) is 1.99. The van der Waals surface area contributed by atoms with Gasteiger partial charge in [-0.2, -0.15) is 0 Å². The van der Waals surface area contributed by atoms with Crippen LogP contribution in [0.15, 0.2) is 58.8 Å². The number of hydrogen-bond acceptors (Lipinski definition) is 5. The molecule has 26 heavy (non-hydrogen) atoms. The number of hydrogen-bond donors (Lipinski definition) is 2. The van der Waals surface area contributed by atoms with Gasteiger partial charge in [0.2, 0.25) is 0 Å². The van der Waals surface area contributed by atoms with Crippen LogP contribution in [0.2, 0.25) is 0 Å². The maximum atomic E-state index is 4.60. The Kier molecular flexibility index (Phi) is 5.48. The zero-order chi connectivity index (χ0) is 17.8. The lowest BCUT2D eigenvalue weighted by Gasteiger charge is -2.14. The second kappa shape index (κ2) is 8.16. The molecule has 0 radical (unpaired) electrons. The smallest absolute Gasteiger partial charge is 0.166 e. The standard InChI is InChI=1S/C19H21N5S2/c1-24(10-12-25-18-20-14-6-2-3-7-15(14)21-18)11-13-26-19-22-16-8-4-5-9-17(16)23-19/h2-9H,10-13H2,1H3,(H,20,21)(H,22,23). The van der Waals surface area contributed by atoms with Gasteiger partial charge < -0.3 is 14.9 Å². The zero-order valence-electron chi connectivity index (χ0n) is 14.6. The third-order valence-corrected chi connectivity index (χ3v) is 5.87. The second-order valence-electron chi connectivity index (χ2n) is 6.12. The van der Waals surface area contributed by atoms with Gasteiger partial charge in [0.1, 0.15) is 0 Å². The van der Waals surface area contributed by atoms with Crippen molar-refractivity contribution in [3.05, 3.63) is 48.5 Å². The molecule has 2 heterocycles. The molecule has 134 valence electrons. The third kappa shape index (κ3) is 4.23. The summed E-state index contributed by atoms with van der Waals surface area (Å²) in [6.07, 6.45) is 0. The molecule has 0 atom stereocenters. The number of imidazole rings is 2. The monoisotopic (exact) mass is 383 g/mol. The summed E-state index contributed by atoms with van der Waals surface area (Å²) in [6, 6.07) is 16.3. The lowest BCUT2D eigenvalue weighted by molar-refractivity contribution is 0.379. The van der Waals surface area contributed by atoms with Gasteiger partial charge in [-0.1, -0.05) is 47.8 Å². The van der Waals surface area contributed by atoms with Crippen molar-refractivity contribution in [2.75, 3.05) is 31.6 Å². The SMILES string of the molecule is CN(CCSc1nc2ccccc2[nH]1)CCSc1nc2ccccc2[nH]1. The van der Waals surface area contributed by atoms with Gasteiger partial charge in [0.25, 0.3) is 0 Å². The van der Waals surface area contributed by atoms with Crippen molar-refractivity contribution >= 4 is 45.6 Å². The number of thioether (sulfide) groups is 2. The van der Waals surface area contributed by atoms with Gasteiger partial charge in [-0.15, -0.1) is 0 Å². The number of benzene rings is 2. The van der Waals surface area contributed by atoms with Crippen LogP contribution in [0.4, 0.5) is 0 Å². The van der Waals surface area contributed by atoms with Crippen LogP contribution in [0.5, 0.6) is 0 Å². The Hall–Kier alpha value is -1.96. The molecule has 4 rings (SSSR count). The first-order valence-corrected chi connectivity index (χ1v) is 10.6. The lowest BCUT2D eigenvalue weighted by Crippen LogP contribution is -2.23. The van der Waals surface area contributed by atoms with Gasteiger partial charge >= 0.3 is 0 Å². The van der Waals surface area contributed by atoms with Crippen LogP contribution in [0, 0.1) is 0 Å². The molecule has 2 aromatic heterocycles. The van der Waals surface area contributed by atoms with Gasteiger partial charge in [0, 0.05) is 24.6 Å². The highest BCUT2D eigenvalue weighted by molar-refractivity contribution is 7.99. The molecule has 7 heteroatoms. The van der Waals surface area contributed by atoms with E-state index in [2.05, 4.69) is 44.0 Å². The molecule has 0 fully saturated rings. The third-order valence-electron chi connectivity index (χ3n) is 4.16. The molecule has 0 aliphatic rings. The van der Waals surface area contributed by atoms with Crippen molar-refractivity contribution < 1.29 is 0 Å². The van der Waals surface area contributed by atoms with E-state index in [1.807, 2.05) is 36.4 Å². The van der Waals surface area contributed by atoms with Gasteiger partial charge in [0.15, 0.2) is 10.3 Å². The number of rotatable bonds is 8. The summed E-state index contributed by atoms with van der Waals surface area (Å²) in [6.45, 7) is 2.06. The Morgan fingerprint density at radius 2 is 1.23 bits per heavy atom. The summed E-state index contributed by atoms with van der Waals surface area (Å²) in [5.41, 5.74) is 4.27. The summed E-state index contributed by atoms with van der Waals surface area (Å²) in [7, 11) is 2.17. The molecule has 0 saturated carbocycles. The number of H-pyrrole nitrogens is 2. The molecule has 4 aromatic rings. The zero-order valence-corrected chi connectivity index (χ0v) is 16.2. The van der Waals surface area contributed by atoms with Crippen molar-refractivity contribution in [1.29, 1.82) is 0 Å². The van der Waals surface area contributed by atoms with Crippen molar-refractivity contribution in [3.63, 3.8) is 0 Å². The summed E-state index contributed by atoms with van der Waals surface area (Å²) in [4.78, 5) is 18.3. The highest BCUT2D eigenvalue weighted by Gasteiger charge is 2.06. The van der Waals surface area contributed by atoms with Crippen LogP contribution in [0.25, 0.3) is 22.1 Å². The fourth-order valence-electron chi connectivity index (χ4n) is 2.70. The fraction of sp³-hybridized carbons (Fsp3) is 0.263. The van der Waals surface area contributed by atoms with Crippen LogP contribution in [0.3, 0.4) is 0 Å². The van der Waals surface area contributed by atoms with E-state index in [9.17, 15) is 0 Å². The lowest BCUT2D eigenvalue weighted by atomic mass is 10.3. The van der Waals surface area contributed by atoms with Crippen molar-refractivity contribution in [1.82, 2.24) is 24.8 Å². The van der Waals surface area contributed by atoms with Crippen molar-refractivity contribution in [2.45, 2.75) is 10.3 Å². The molecule has 0 aliphatic heterocycles. The van der Waals surface area contributed by atoms with Crippen LogP contribution in [0.1, 0.15) is 0 Å². The average Bonchev–Trinajstić information content (AvgIpc) is 3.24. The predicted molar refractivity (Wildman–Crippen MR) is 111 cm³/mol. The molecule has 0 spiro atoms. The van der Waals surface area contributed by atoms with E-state index < -0.39 is 0 Å². The van der Waals surface area contributed by atoms with Crippen LogP contribution >= 0.6 is 23.5 Å². The molecule has 2 aromatic carbocycles. The topological polar surface area (TPSA) is 60.6 Å². The average molecular weight is 384 g/mol. The number of aromatic nitrogens is 4. The van der Waals surface area contributed by atoms with Gasteiger partial charge in [-0.3, -0.25) is 0 Å². The maximum absolute atomic E-state index is 4.60. The minimum atomic E-state index is 0.997. The number of aromatic amines is 2. The number of nitrogens with zero attached hydrogens (tertiary/aromatic N) is 3. The Morgan fingerprint density at radius 3 is 1.69 bits per heavy atom. The van der Waals surface area contributed by atoms with Crippen LogP contribution < -0.4 is 0 Å². The number of para-hydroxylation sites is 4. The van der Waals surface area contributed by atoms with E-state index in [1.165, 1.54) is 0 Å². The Labute approximate surface area is 161 Å². The normalized spacial score (nSPS) is 11.8. The molecule has 0 amide bonds. The molecular weight excluding hydrogens is 362 g/mol. The Balaban J connectivity index is 1.19. The van der Waals surface area contributed by atoms with Crippen LogP contribution in [-0.4, -0.2) is 56.5 Å². The molecular formula is C19H21N5S2. The van der Waals surface area contributed by atoms with E-state index in [0.717, 1.165) is 57.0 Å². The van der Waals surface area contributed by atoms with E-state index in [4.69, 9.17) is 0 Å². The van der Waals surface area contributed by atoms with E-state index in [-0.39, 0.29) is 0 Å². The number of nitrogens with one attached hydrogen (secondary N) is 2. The first-order valence-electron chi connectivity index (χ1n) is 8.61. The van der Waals surface area contributed by atoms with Gasteiger partial charge in [0.05, 0.1) is 22.1 Å². The second-order valence-corrected chi connectivity index (χ2v) is 8.29. The molecule has 2 N–H and O–H groups in total. The highest BCUT2D eigenvalue weighted by Crippen LogP contribution is 2.20. The quantitative estimate of drug-likeness (QED) is 0.445. The molecule has 0 unspecified atom stereocenters. The molecule has 0 bridgehead atoms. The number of fused-ring (bicyclic) bond motifs is 2. The van der Waals surface area contributed by atoms with Crippen LogP contribution in [-0.2, 0) is 0 Å². The first kappa shape index (κ1) is 17.5. The minimum Gasteiger partial charge on any atom is -0.333 e. The highest BCUT2D eigenvalue weighted by atomic mass is 32.2. The van der Waals surface area contributed by atoms with Crippen molar-refractivity contribution in [2.24, 2.45) is 0 Å². The van der Waals surface area contributed by atoms with Gasteiger partial charge in [-0.25, -0.2) is 9.97 Å². The molecule has 0 aliphatic carbocycles. The Morgan fingerprint density at radius 1 is 0.769 bits per heavy atom. The largest absolute Gasteiger partial charge is 0.333 e. The fourth-order valence-corrected chi connectivity index (χ4v) is 4.59. The summed E-state index contributed by atoms with van der Waals surface area (Å²) < 4.78 is 0. The van der Waals surface area contributed by atoms with E-state index in [1.54, 1.807) is 23.5 Å². The van der Waals surface area contributed by atoms with E-state index >= 15 is 0 Å². The first-order chi connectivity index (χ1) is 12.8. The minimum absolute atomic E-state index is 0.997. The predicted octanol–water partition coefficient (Wildman–Crippen LogP) is 4.26. The summed E-state index contributed by atoms with van der Waals surface area (Å²) in [5.74, 6) is 2.04. The maximum Gasteiger partial charge on any atom is 0.166 e. The Bertz CT molecular complexity index is 848. The van der Waals surface area contributed by atoms with Crippen molar-refractivity contribution in [3.8, 4) is 0 Å². The molecule has 5 nitrogen and oxygen atoms in total. The van der Waals surface area contributed by atoms with E-state index in [0.29, 0.717) is 0 Å². The van der Waals surface area contributed by atoms with Gasteiger partial charge in [-0.05, 0) is 31.3 Å². The molecule has 0 saturated heterocycles.